The summed E-state index contributed by atoms with van der Waals surface area (Å²) in [4.78, 5) is 16.1. The number of hydrogen-bond acceptors (Lipinski definition) is 5. The van der Waals surface area contributed by atoms with Crippen LogP contribution < -0.4 is 10.6 Å². The molecule has 0 aliphatic heterocycles. The van der Waals surface area contributed by atoms with Gasteiger partial charge in [0.05, 0.1) is 19.3 Å². The van der Waals surface area contributed by atoms with Gasteiger partial charge in [-0.3, -0.25) is 4.79 Å². The number of aliphatic hydroxyl groups is 1. The molecule has 5 atom stereocenters. The van der Waals surface area contributed by atoms with E-state index in [2.05, 4.69) is 29.5 Å². The maximum Gasteiger partial charge on any atom is 0.167 e. The van der Waals surface area contributed by atoms with Crippen LogP contribution in [0.5, 0.6) is 0 Å². The Hall–Kier alpha value is -1.21. The van der Waals surface area contributed by atoms with E-state index in [9.17, 15) is 9.90 Å². The zero-order chi connectivity index (χ0) is 21.0. The summed E-state index contributed by atoms with van der Waals surface area (Å²) < 4.78 is 6.15. The lowest BCUT2D eigenvalue weighted by atomic mass is 9.90. The average Bonchev–Trinajstić information content (AvgIpc) is 3.02. The van der Waals surface area contributed by atoms with Crippen LogP contribution in [0.4, 0.5) is 0 Å². The molecule has 5 unspecified atom stereocenters. The highest BCUT2D eigenvalue weighted by atomic mass is 16.5. The number of nitrogens with one attached hydrogen (secondary N) is 3. The fourth-order valence-corrected chi connectivity index (χ4v) is 5.00. The second-order valence-corrected chi connectivity index (χ2v) is 9.10. The number of aromatic amines is 1. The molecule has 1 aromatic heterocycles. The molecule has 1 fully saturated rings. The van der Waals surface area contributed by atoms with Crippen LogP contribution in [-0.2, 0) is 17.6 Å². The van der Waals surface area contributed by atoms with Gasteiger partial charge in [-0.25, -0.2) is 0 Å². The number of ketones is 1. The summed E-state index contributed by atoms with van der Waals surface area (Å²) in [5.41, 5.74) is 4.26. The fourth-order valence-electron chi connectivity index (χ4n) is 5.00. The zero-order valence-electron chi connectivity index (χ0n) is 18.5. The number of aryl methyl sites for hydroxylation is 1. The maximum atomic E-state index is 12.6. The highest BCUT2D eigenvalue weighted by Gasteiger charge is 2.30. The van der Waals surface area contributed by atoms with Gasteiger partial charge in [-0.1, -0.05) is 13.3 Å². The summed E-state index contributed by atoms with van der Waals surface area (Å²) in [6, 6.07) is 1.35. The SMILES string of the molecule is CCc1[nH]c2c(c1C)C(=O)CC(OCC(C)NC1CCCC(NC(C)CO)C1)C2. The van der Waals surface area contributed by atoms with E-state index in [0.717, 1.165) is 36.1 Å². The van der Waals surface area contributed by atoms with Crippen LogP contribution in [0, 0.1) is 6.92 Å². The maximum absolute atomic E-state index is 12.6. The minimum atomic E-state index is -0.0341. The van der Waals surface area contributed by atoms with Gasteiger partial charge in [0.15, 0.2) is 5.78 Å². The van der Waals surface area contributed by atoms with Crippen LogP contribution in [0.25, 0.3) is 0 Å². The quantitative estimate of drug-likeness (QED) is 0.507. The molecule has 29 heavy (non-hydrogen) atoms. The second-order valence-electron chi connectivity index (χ2n) is 9.10. The normalized spacial score (nSPS) is 26.9. The summed E-state index contributed by atoms with van der Waals surface area (Å²) in [6.07, 6.45) is 6.81. The molecule has 1 aromatic rings. The molecule has 6 heteroatoms. The number of Topliss-reactive ketones (excluding diaryl/α,β-unsaturated/α-hetero) is 1. The number of carbonyl (C=O) groups is 1. The van der Waals surface area contributed by atoms with Gasteiger partial charge >= 0.3 is 0 Å². The first kappa shape index (κ1) is 22.5. The first-order chi connectivity index (χ1) is 13.9. The molecule has 2 aliphatic rings. The van der Waals surface area contributed by atoms with Gasteiger partial charge in [0.25, 0.3) is 0 Å². The lowest BCUT2D eigenvalue weighted by Gasteiger charge is -2.34. The monoisotopic (exact) mass is 405 g/mol. The number of carbonyl (C=O) groups excluding carboxylic acids is 1. The van der Waals surface area contributed by atoms with Crippen molar-refractivity contribution in [1.29, 1.82) is 0 Å². The standard InChI is InChI=1S/C23H39N3O3/c1-5-20-16(4)23-21(26-20)10-19(11-22(23)28)29-13-15(3)25-18-8-6-7-17(9-18)24-14(2)12-27/h14-15,17-19,24-27H,5-13H2,1-4H3. The molecule has 4 N–H and O–H groups in total. The lowest BCUT2D eigenvalue weighted by molar-refractivity contribution is 0.0285. The molecular weight excluding hydrogens is 366 g/mol. The smallest absolute Gasteiger partial charge is 0.167 e. The molecule has 164 valence electrons. The Labute approximate surface area is 175 Å². The van der Waals surface area contributed by atoms with Gasteiger partial charge in [-0.15, -0.1) is 0 Å². The molecule has 0 radical (unpaired) electrons. The minimum Gasteiger partial charge on any atom is -0.395 e. The number of hydrogen-bond donors (Lipinski definition) is 4. The number of ether oxygens (including phenoxy) is 1. The molecule has 6 nitrogen and oxygen atoms in total. The first-order valence-corrected chi connectivity index (χ1v) is 11.4. The number of aliphatic hydroxyl groups excluding tert-OH is 1. The fraction of sp³-hybridized carbons (Fsp3) is 0.783. The van der Waals surface area contributed by atoms with E-state index in [-0.39, 0.29) is 30.6 Å². The predicted octanol–water partition coefficient (Wildman–Crippen LogP) is 2.66. The Balaban J connectivity index is 1.46. The summed E-state index contributed by atoms with van der Waals surface area (Å²) in [5.74, 6) is 0.213. The summed E-state index contributed by atoms with van der Waals surface area (Å²) >= 11 is 0. The van der Waals surface area contributed by atoms with Crippen LogP contribution in [-0.4, -0.2) is 59.4 Å². The molecule has 1 saturated carbocycles. The summed E-state index contributed by atoms with van der Waals surface area (Å²) in [5, 5.41) is 16.5. The summed E-state index contributed by atoms with van der Waals surface area (Å²) in [7, 11) is 0. The van der Waals surface area contributed by atoms with E-state index >= 15 is 0 Å². The van der Waals surface area contributed by atoms with Crippen molar-refractivity contribution in [2.24, 2.45) is 0 Å². The molecule has 1 heterocycles. The number of H-pyrrole nitrogens is 1. The van der Waals surface area contributed by atoms with E-state index in [1.807, 2.05) is 13.8 Å². The predicted molar refractivity (Wildman–Crippen MR) is 116 cm³/mol. The van der Waals surface area contributed by atoms with Gasteiger partial charge in [-0.2, -0.15) is 0 Å². The zero-order valence-corrected chi connectivity index (χ0v) is 18.5. The van der Waals surface area contributed by atoms with E-state index < -0.39 is 0 Å². The number of aromatic nitrogens is 1. The van der Waals surface area contributed by atoms with Crippen LogP contribution in [0.3, 0.4) is 0 Å². The van der Waals surface area contributed by atoms with E-state index in [1.165, 1.54) is 25.0 Å². The van der Waals surface area contributed by atoms with Crippen LogP contribution in [0.15, 0.2) is 0 Å². The number of rotatable bonds is 9. The molecule has 0 aromatic carbocycles. The van der Waals surface area contributed by atoms with Crippen LogP contribution in [0.1, 0.15) is 80.2 Å². The van der Waals surface area contributed by atoms with E-state index in [4.69, 9.17) is 4.74 Å². The summed E-state index contributed by atoms with van der Waals surface area (Å²) in [6.45, 7) is 9.16. The first-order valence-electron chi connectivity index (χ1n) is 11.4. The van der Waals surface area contributed by atoms with Gasteiger partial charge in [-0.05, 0) is 52.0 Å². The van der Waals surface area contributed by atoms with Crippen molar-refractivity contribution in [3.8, 4) is 0 Å². The highest BCUT2D eigenvalue weighted by molar-refractivity contribution is 6.00. The average molecular weight is 406 g/mol. The molecule has 0 amide bonds. The van der Waals surface area contributed by atoms with Gasteiger partial charge < -0.3 is 25.5 Å². The minimum absolute atomic E-state index is 0.0341. The number of fused-ring (bicyclic) bond motifs is 1. The van der Waals surface area contributed by atoms with Crippen molar-refractivity contribution in [3.63, 3.8) is 0 Å². The van der Waals surface area contributed by atoms with Crippen molar-refractivity contribution < 1.29 is 14.6 Å². The Bertz CT molecular complexity index is 687. The lowest BCUT2D eigenvalue weighted by Crippen LogP contribution is -2.48. The van der Waals surface area contributed by atoms with Crippen molar-refractivity contribution >= 4 is 5.78 Å². The molecule has 0 spiro atoms. The van der Waals surface area contributed by atoms with Crippen molar-refractivity contribution in [2.75, 3.05) is 13.2 Å². The third-order valence-corrected chi connectivity index (χ3v) is 6.48. The molecular formula is C23H39N3O3. The Morgan fingerprint density at radius 2 is 1.86 bits per heavy atom. The molecule has 0 saturated heterocycles. The van der Waals surface area contributed by atoms with Gasteiger partial charge in [0.1, 0.15) is 0 Å². The van der Waals surface area contributed by atoms with Crippen molar-refractivity contribution in [1.82, 2.24) is 15.6 Å². The highest BCUT2D eigenvalue weighted by Crippen LogP contribution is 2.28. The van der Waals surface area contributed by atoms with Crippen LogP contribution >= 0.6 is 0 Å². The second kappa shape index (κ2) is 10.2. The van der Waals surface area contributed by atoms with E-state index in [1.54, 1.807) is 0 Å². The molecule has 3 rings (SSSR count). The van der Waals surface area contributed by atoms with Crippen LogP contribution in [0.2, 0.25) is 0 Å². The van der Waals surface area contributed by atoms with Gasteiger partial charge in [0.2, 0.25) is 0 Å². The van der Waals surface area contributed by atoms with Crippen molar-refractivity contribution in [2.45, 2.75) is 103 Å². The molecule has 2 aliphatic carbocycles. The Morgan fingerprint density at radius 1 is 1.17 bits per heavy atom. The Morgan fingerprint density at radius 3 is 2.52 bits per heavy atom. The Kier molecular flexibility index (Phi) is 7.91. The third-order valence-electron chi connectivity index (χ3n) is 6.48. The largest absolute Gasteiger partial charge is 0.395 e. The topological polar surface area (TPSA) is 86.4 Å². The van der Waals surface area contributed by atoms with Crippen molar-refractivity contribution in [3.05, 3.63) is 22.5 Å². The van der Waals surface area contributed by atoms with E-state index in [0.29, 0.717) is 25.1 Å². The molecule has 0 bridgehead atoms. The van der Waals surface area contributed by atoms with Gasteiger partial charge in [0, 0.05) is 54.0 Å². The third kappa shape index (κ3) is 5.69.